The van der Waals surface area contributed by atoms with Gasteiger partial charge in [-0.25, -0.2) is 8.42 Å². The molecule has 2 heterocycles. The fourth-order valence-corrected chi connectivity index (χ4v) is 7.11. The molecular weight excluding hydrogens is 442 g/mol. The van der Waals surface area contributed by atoms with Gasteiger partial charge < -0.3 is 5.32 Å². The van der Waals surface area contributed by atoms with E-state index >= 15 is 0 Å². The highest BCUT2D eigenvalue weighted by molar-refractivity contribution is 7.89. The average Bonchev–Trinajstić information content (AvgIpc) is 3.02. The van der Waals surface area contributed by atoms with Crippen LogP contribution in [0, 0.1) is 11.8 Å². The first-order valence-electron chi connectivity index (χ1n) is 11.6. The number of likely N-dealkylation sites (tertiary alicyclic amines) is 1. The fraction of sp³-hybridized carbons (Fsp3) is 0.542. The summed E-state index contributed by atoms with van der Waals surface area (Å²) in [6.07, 6.45) is 7.71. The zero-order chi connectivity index (χ0) is 23.8. The minimum absolute atomic E-state index is 0.00674. The molecule has 4 atom stereocenters. The van der Waals surface area contributed by atoms with Crippen molar-refractivity contribution in [3.05, 3.63) is 36.4 Å². The van der Waals surface area contributed by atoms with E-state index in [-0.39, 0.29) is 59.5 Å². The molecule has 33 heavy (non-hydrogen) atoms. The molecular formula is C24H31N3O5S. The van der Waals surface area contributed by atoms with Crippen molar-refractivity contribution in [2.24, 2.45) is 11.8 Å². The number of carbonyl (C=O) groups excluding carboxylic acids is 3. The summed E-state index contributed by atoms with van der Waals surface area (Å²) >= 11 is 0. The Hall–Kier alpha value is -2.52. The number of hydrogen-bond donors (Lipinski definition) is 1. The number of allylic oxidation sites excluding steroid dienone is 2. The lowest BCUT2D eigenvalue weighted by atomic mass is 9.85. The van der Waals surface area contributed by atoms with E-state index in [9.17, 15) is 22.8 Å². The number of piperidine rings is 1. The van der Waals surface area contributed by atoms with Crippen LogP contribution in [0.2, 0.25) is 0 Å². The largest absolute Gasteiger partial charge is 0.326 e. The molecule has 3 aliphatic rings. The quantitative estimate of drug-likeness (QED) is 0.505. The van der Waals surface area contributed by atoms with E-state index in [2.05, 4.69) is 5.32 Å². The maximum atomic E-state index is 13.1. The Bertz CT molecular complexity index is 1030. The number of hydrogen-bond acceptors (Lipinski definition) is 5. The average molecular weight is 474 g/mol. The molecule has 1 aromatic carbocycles. The minimum Gasteiger partial charge on any atom is -0.326 e. The third kappa shape index (κ3) is 4.61. The Labute approximate surface area is 195 Å². The van der Waals surface area contributed by atoms with Crippen LogP contribution in [-0.4, -0.2) is 54.0 Å². The molecule has 0 saturated carbocycles. The Kier molecular flexibility index (Phi) is 6.72. The first-order valence-corrected chi connectivity index (χ1v) is 13.1. The normalized spacial score (nSPS) is 28.1. The van der Waals surface area contributed by atoms with E-state index in [0.717, 1.165) is 19.3 Å². The lowest BCUT2D eigenvalue weighted by Crippen LogP contribution is -2.47. The maximum absolute atomic E-state index is 13.1. The molecule has 0 radical (unpaired) electrons. The van der Waals surface area contributed by atoms with Gasteiger partial charge in [-0.15, -0.1) is 0 Å². The van der Waals surface area contributed by atoms with Crippen LogP contribution < -0.4 is 5.32 Å². The van der Waals surface area contributed by atoms with E-state index in [0.29, 0.717) is 18.5 Å². The number of benzene rings is 1. The molecule has 1 N–H and O–H groups in total. The van der Waals surface area contributed by atoms with E-state index in [4.69, 9.17) is 0 Å². The van der Waals surface area contributed by atoms with Crippen molar-refractivity contribution in [2.75, 3.05) is 11.9 Å². The van der Waals surface area contributed by atoms with Crippen molar-refractivity contribution in [2.45, 2.75) is 69.4 Å². The number of anilines is 1. The van der Waals surface area contributed by atoms with Gasteiger partial charge in [0.2, 0.25) is 27.7 Å². The molecule has 0 spiro atoms. The van der Waals surface area contributed by atoms with Crippen molar-refractivity contribution in [3.8, 4) is 0 Å². The van der Waals surface area contributed by atoms with Crippen LogP contribution in [0.5, 0.6) is 0 Å². The number of fused-ring (bicyclic) bond motifs is 1. The molecule has 1 aromatic rings. The first kappa shape index (κ1) is 23.6. The molecule has 0 bridgehead atoms. The van der Waals surface area contributed by atoms with Crippen LogP contribution in [0.15, 0.2) is 41.3 Å². The monoisotopic (exact) mass is 473 g/mol. The van der Waals surface area contributed by atoms with Gasteiger partial charge in [-0.05, 0) is 63.8 Å². The lowest BCUT2D eigenvalue weighted by molar-refractivity contribution is -0.140. The van der Waals surface area contributed by atoms with Gasteiger partial charge in [0.15, 0.2) is 0 Å². The Morgan fingerprint density at radius 1 is 0.970 bits per heavy atom. The molecule has 3 amide bonds. The van der Waals surface area contributed by atoms with Crippen molar-refractivity contribution in [3.63, 3.8) is 0 Å². The van der Waals surface area contributed by atoms with E-state index < -0.39 is 10.0 Å². The Morgan fingerprint density at radius 3 is 2.06 bits per heavy atom. The number of carbonyl (C=O) groups is 3. The van der Waals surface area contributed by atoms with Gasteiger partial charge in [-0.3, -0.25) is 19.3 Å². The van der Waals surface area contributed by atoms with Gasteiger partial charge in [-0.2, -0.15) is 4.31 Å². The molecule has 9 heteroatoms. The van der Waals surface area contributed by atoms with Crippen LogP contribution in [-0.2, 0) is 24.4 Å². The SMILES string of the molecule is C[C@@H]1CCC[C@H](C)N1S(=O)(=O)c1ccc(NC(=O)CCN2C(=O)[C@H]3CC=CC[C@@H]3C2=O)cc1. The predicted octanol–water partition coefficient (Wildman–Crippen LogP) is 2.92. The third-order valence-electron chi connectivity index (χ3n) is 6.99. The molecule has 4 rings (SSSR count). The predicted molar refractivity (Wildman–Crippen MR) is 124 cm³/mol. The molecule has 178 valence electrons. The van der Waals surface area contributed by atoms with Gasteiger partial charge >= 0.3 is 0 Å². The van der Waals surface area contributed by atoms with Crippen molar-refractivity contribution >= 4 is 33.4 Å². The summed E-state index contributed by atoms with van der Waals surface area (Å²) in [5, 5.41) is 2.73. The van der Waals surface area contributed by atoms with Crippen LogP contribution >= 0.6 is 0 Å². The second-order valence-corrected chi connectivity index (χ2v) is 11.1. The van der Waals surface area contributed by atoms with Gasteiger partial charge in [0, 0.05) is 30.7 Å². The molecule has 1 aliphatic carbocycles. The van der Waals surface area contributed by atoms with E-state index in [1.54, 1.807) is 16.4 Å². The van der Waals surface area contributed by atoms with Gasteiger partial charge in [0.25, 0.3) is 0 Å². The topological polar surface area (TPSA) is 104 Å². The zero-order valence-electron chi connectivity index (χ0n) is 19.1. The highest BCUT2D eigenvalue weighted by Crippen LogP contribution is 2.35. The zero-order valence-corrected chi connectivity index (χ0v) is 19.9. The van der Waals surface area contributed by atoms with Crippen molar-refractivity contribution in [1.29, 1.82) is 0 Å². The number of imide groups is 1. The molecule has 2 aliphatic heterocycles. The molecule has 2 fully saturated rings. The van der Waals surface area contributed by atoms with Gasteiger partial charge in [0.05, 0.1) is 16.7 Å². The van der Waals surface area contributed by atoms with Gasteiger partial charge in [0.1, 0.15) is 0 Å². The highest BCUT2D eigenvalue weighted by Gasteiger charge is 2.46. The molecule has 0 unspecified atom stereocenters. The van der Waals surface area contributed by atoms with Crippen LogP contribution in [0.25, 0.3) is 0 Å². The maximum Gasteiger partial charge on any atom is 0.243 e. The summed E-state index contributed by atoms with van der Waals surface area (Å²) in [6, 6.07) is 6.05. The summed E-state index contributed by atoms with van der Waals surface area (Å²) in [5.74, 6) is -1.33. The summed E-state index contributed by atoms with van der Waals surface area (Å²) < 4.78 is 27.8. The fourth-order valence-electron chi connectivity index (χ4n) is 5.23. The Balaban J connectivity index is 1.35. The number of nitrogens with one attached hydrogen (secondary N) is 1. The molecule has 8 nitrogen and oxygen atoms in total. The lowest BCUT2D eigenvalue weighted by Gasteiger charge is -2.37. The smallest absolute Gasteiger partial charge is 0.243 e. The van der Waals surface area contributed by atoms with E-state index in [1.807, 2.05) is 26.0 Å². The van der Waals surface area contributed by atoms with E-state index in [1.165, 1.54) is 17.0 Å². The minimum atomic E-state index is -3.62. The van der Waals surface area contributed by atoms with Gasteiger partial charge in [-0.1, -0.05) is 18.6 Å². The highest BCUT2D eigenvalue weighted by atomic mass is 32.2. The van der Waals surface area contributed by atoms with Crippen LogP contribution in [0.4, 0.5) is 5.69 Å². The Morgan fingerprint density at radius 2 is 1.52 bits per heavy atom. The second-order valence-electron chi connectivity index (χ2n) is 9.27. The summed E-state index contributed by atoms with van der Waals surface area (Å²) in [6.45, 7) is 3.92. The van der Waals surface area contributed by atoms with Crippen LogP contribution in [0.3, 0.4) is 0 Å². The molecule has 0 aromatic heterocycles. The number of rotatable bonds is 6. The van der Waals surface area contributed by atoms with Crippen molar-refractivity contribution < 1.29 is 22.8 Å². The third-order valence-corrected chi connectivity index (χ3v) is 9.13. The second kappa shape index (κ2) is 9.38. The van der Waals surface area contributed by atoms with Crippen LogP contribution in [0.1, 0.15) is 52.4 Å². The standard InChI is InChI=1S/C24H31N3O5S/c1-16-6-5-7-17(2)27(16)33(31,32)19-12-10-18(11-13-19)25-22(28)14-15-26-23(29)20-8-3-4-9-21(20)24(26)30/h3-4,10-13,16-17,20-21H,5-9,14-15H2,1-2H3,(H,25,28)/t16-,17+,20-,21-/m0/s1. The first-order chi connectivity index (χ1) is 15.7. The molecule has 2 saturated heterocycles. The number of sulfonamides is 1. The number of nitrogens with zero attached hydrogens (tertiary/aromatic N) is 2. The summed E-state index contributed by atoms with van der Waals surface area (Å²) in [7, 11) is -3.62. The summed E-state index contributed by atoms with van der Waals surface area (Å²) in [5.41, 5.74) is 0.468. The summed E-state index contributed by atoms with van der Waals surface area (Å²) in [4.78, 5) is 38.8. The number of amides is 3. The van der Waals surface area contributed by atoms with Crippen molar-refractivity contribution in [1.82, 2.24) is 9.21 Å².